The molecule has 1 aromatic rings. The molecule has 1 atom stereocenters. The lowest BCUT2D eigenvalue weighted by Crippen LogP contribution is -2.20. The summed E-state index contributed by atoms with van der Waals surface area (Å²) in [6.45, 7) is 1.91. The van der Waals surface area contributed by atoms with Crippen LogP contribution in [0.4, 0.5) is 5.82 Å². The molecule has 1 aromatic heterocycles. The molecule has 1 unspecified atom stereocenters. The van der Waals surface area contributed by atoms with Gasteiger partial charge in [-0.25, -0.2) is 18.2 Å². The lowest BCUT2D eigenvalue weighted by atomic mass is 10.1. The standard InChI is InChI=1S/C14H18N2O5S/c1-2-21-14(18)11-4-3-6-15-13(11)16-12(17)8-10-5-7-22(19,20)9-10/h3-4,6,10H,2,5,7-9H2,1H3,(H,15,16,17). The van der Waals surface area contributed by atoms with E-state index < -0.39 is 15.8 Å². The van der Waals surface area contributed by atoms with E-state index in [-0.39, 0.29) is 47.7 Å². The quantitative estimate of drug-likeness (QED) is 0.811. The number of nitrogens with one attached hydrogen (secondary N) is 1. The molecule has 1 amide bonds. The molecule has 0 bridgehead atoms. The molecular formula is C14H18N2O5S. The Morgan fingerprint density at radius 3 is 2.86 bits per heavy atom. The number of carbonyl (C=O) groups excluding carboxylic acids is 2. The van der Waals surface area contributed by atoms with Crippen molar-refractivity contribution in [2.24, 2.45) is 5.92 Å². The number of hydrogen-bond acceptors (Lipinski definition) is 6. The van der Waals surface area contributed by atoms with Gasteiger partial charge in [0.05, 0.1) is 18.1 Å². The third-order valence-electron chi connectivity index (χ3n) is 3.36. The van der Waals surface area contributed by atoms with E-state index in [0.717, 1.165) is 0 Å². The normalized spacial score (nSPS) is 19.6. The zero-order valence-corrected chi connectivity index (χ0v) is 13.1. The third kappa shape index (κ3) is 4.27. The van der Waals surface area contributed by atoms with Crippen molar-refractivity contribution in [3.63, 3.8) is 0 Å². The highest BCUT2D eigenvalue weighted by Gasteiger charge is 2.29. The van der Waals surface area contributed by atoms with Crippen molar-refractivity contribution in [1.82, 2.24) is 4.98 Å². The fourth-order valence-electron chi connectivity index (χ4n) is 2.36. The van der Waals surface area contributed by atoms with E-state index >= 15 is 0 Å². The average molecular weight is 326 g/mol. The maximum Gasteiger partial charge on any atom is 0.341 e. The molecule has 1 saturated heterocycles. The summed E-state index contributed by atoms with van der Waals surface area (Å²) in [5.74, 6) is -0.803. The summed E-state index contributed by atoms with van der Waals surface area (Å²) in [7, 11) is -3.01. The first-order chi connectivity index (χ1) is 10.4. The van der Waals surface area contributed by atoms with Crippen LogP contribution >= 0.6 is 0 Å². The summed E-state index contributed by atoms with van der Waals surface area (Å²) in [6, 6.07) is 3.09. The molecule has 0 saturated carbocycles. The van der Waals surface area contributed by atoms with Gasteiger partial charge in [0.2, 0.25) is 5.91 Å². The zero-order chi connectivity index (χ0) is 16.2. The van der Waals surface area contributed by atoms with Gasteiger partial charge in [0.1, 0.15) is 11.4 Å². The van der Waals surface area contributed by atoms with Crippen LogP contribution in [-0.4, -0.2) is 43.4 Å². The summed E-state index contributed by atoms with van der Waals surface area (Å²) >= 11 is 0. The molecule has 1 aliphatic rings. The number of ether oxygens (including phenoxy) is 1. The zero-order valence-electron chi connectivity index (χ0n) is 12.2. The molecule has 1 fully saturated rings. The molecule has 0 aliphatic carbocycles. The smallest absolute Gasteiger partial charge is 0.341 e. The van der Waals surface area contributed by atoms with Gasteiger partial charge >= 0.3 is 5.97 Å². The number of nitrogens with zero attached hydrogens (tertiary/aromatic N) is 1. The number of aromatic nitrogens is 1. The van der Waals surface area contributed by atoms with Crippen molar-refractivity contribution in [2.75, 3.05) is 23.4 Å². The fourth-order valence-corrected chi connectivity index (χ4v) is 4.22. The van der Waals surface area contributed by atoms with Gasteiger partial charge in [-0.1, -0.05) is 0 Å². The Morgan fingerprint density at radius 2 is 2.23 bits per heavy atom. The molecule has 0 radical (unpaired) electrons. The summed E-state index contributed by atoms with van der Waals surface area (Å²) < 4.78 is 27.7. The van der Waals surface area contributed by atoms with Crippen molar-refractivity contribution in [3.8, 4) is 0 Å². The Balaban J connectivity index is 2.01. The van der Waals surface area contributed by atoms with Crippen molar-refractivity contribution < 1.29 is 22.7 Å². The van der Waals surface area contributed by atoms with Crippen molar-refractivity contribution >= 4 is 27.5 Å². The van der Waals surface area contributed by atoms with Crippen LogP contribution in [0.25, 0.3) is 0 Å². The van der Waals surface area contributed by atoms with Crippen LogP contribution in [-0.2, 0) is 19.4 Å². The molecule has 0 aromatic carbocycles. The number of hydrogen-bond donors (Lipinski definition) is 1. The van der Waals surface area contributed by atoms with Gasteiger partial charge in [-0.05, 0) is 31.4 Å². The van der Waals surface area contributed by atoms with Crippen molar-refractivity contribution in [1.29, 1.82) is 0 Å². The molecule has 22 heavy (non-hydrogen) atoms. The Bertz CT molecular complexity index is 672. The number of anilines is 1. The molecule has 120 valence electrons. The van der Waals surface area contributed by atoms with E-state index in [4.69, 9.17) is 4.74 Å². The lowest BCUT2D eigenvalue weighted by Gasteiger charge is -2.11. The Labute approximate surface area is 129 Å². The monoisotopic (exact) mass is 326 g/mol. The summed E-state index contributed by atoms with van der Waals surface area (Å²) in [5, 5.41) is 2.56. The summed E-state index contributed by atoms with van der Waals surface area (Å²) in [5.41, 5.74) is 0.178. The van der Waals surface area contributed by atoms with Gasteiger partial charge in [-0.3, -0.25) is 4.79 Å². The van der Waals surface area contributed by atoms with Crippen LogP contribution in [0.3, 0.4) is 0 Å². The van der Waals surface area contributed by atoms with Crippen molar-refractivity contribution in [2.45, 2.75) is 19.8 Å². The minimum absolute atomic E-state index is 0.0351. The second-order valence-corrected chi connectivity index (χ2v) is 7.37. The van der Waals surface area contributed by atoms with Crippen LogP contribution < -0.4 is 5.32 Å². The van der Waals surface area contributed by atoms with Crippen LogP contribution in [0.2, 0.25) is 0 Å². The Kier molecular flexibility index (Phi) is 5.12. The van der Waals surface area contributed by atoms with Gasteiger partial charge in [0, 0.05) is 12.6 Å². The Morgan fingerprint density at radius 1 is 1.45 bits per heavy atom. The van der Waals surface area contributed by atoms with Gasteiger partial charge in [0.15, 0.2) is 9.84 Å². The minimum Gasteiger partial charge on any atom is -0.462 e. The second-order valence-electron chi connectivity index (χ2n) is 5.14. The second kappa shape index (κ2) is 6.87. The largest absolute Gasteiger partial charge is 0.462 e. The highest BCUT2D eigenvalue weighted by Crippen LogP contribution is 2.22. The molecule has 8 heteroatoms. The molecule has 1 N–H and O–H groups in total. The highest BCUT2D eigenvalue weighted by atomic mass is 32.2. The maximum absolute atomic E-state index is 12.0. The number of rotatable bonds is 5. The van der Waals surface area contributed by atoms with E-state index in [1.165, 1.54) is 12.3 Å². The average Bonchev–Trinajstić information content (AvgIpc) is 2.78. The maximum atomic E-state index is 12.0. The molecule has 7 nitrogen and oxygen atoms in total. The van der Waals surface area contributed by atoms with Gasteiger partial charge < -0.3 is 10.1 Å². The number of pyridine rings is 1. The van der Waals surface area contributed by atoms with E-state index in [1.807, 2.05) is 0 Å². The highest BCUT2D eigenvalue weighted by molar-refractivity contribution is 7.91. The van der Waals surface area contributed by atoms with Crippen LogP contribution in [0.15, 0.2) is 18.3 Å². The number of carbonyl (C=O) groups is 2. The van der Waals surface area contributed by atoms with Crippen LogP contribution in [0, 0.1) is 5.92 Å². The van der Waals surface area contributed by atoms with Crippen LogP contribution in [0.1, 0.15) is 30.1 Å². The number of sulfone groups is 1. The van der Waals surface area contributed by atoms with Crippen molar-refractivity contribution in [3.05, 3.63) is 23.9 Å². The molecule has 2 heterocycles. The molecule has 0 spiro atoms. The number of esters is 1. The van der Waals surface area contributed by atoms with Gasteiger partial charge in [-0.2, -0.15) is 0 Å². The van der Waals surface area contributed by atoms with E-state index in [0.29, 0.717) is 6.42 Å². The Hall–Kier alpha value is -1.96. The van der Waals surface area contributed by atoms with Gasteiger partial charge in [-0.15, -0.1) is 0 Å². The predicted octanol–water partition coefficient (Wildman–Crippen LogP) is 1.02. The predicted molar refractivity (Wildman–Crippen MR) is 80.2 cm³/mol. The van der Waals surface area contributed by atoms with E-state index in [9.17, 15) is 18.0 Å². The van der Waals surface area contributed by atoms with E-state index in [2.05, 4.69) is 10.3 Å². The van der Waals surface area contributed by atoms with Crippen LogP contribution in [0.5, 0.6) is 0 Å². The fraction of sp³-hybridized carbons (Fsp3) is 0.500. The number of amides is 1. The SMILES string of the molecule is CCOC(=O)c1cccnc1NC(=O)CC1CCS(=O)(=O)C1. The van der Waals surface area contributed by atoms with Gasteiger partial charge in [0.25, 0.3) is 0 Å². The first kappa shape index (κ1) is 16.4. The topological polar surface area (TPSA) is 102 Å². The third-order valence-corrected chi connectivity index (χ3v) is 5.20. The minimum atomic E-state index is -3.01. The first-order valence-electron chi connectivity index (χ1n) is 7.03. The van der Waals surface area contributed by atoms with E-state index in [1.54, 1.807) is 13.0 Å². The molecule has 2 rings (SSSR count). The summed E-state index contributed by atoms with van der Waals surface area (Å²) in [4.78, 5) is 27.8. The lowest BCUT2D eigenvalue weighted by molar-refractivity contribution is -0.116. The summed E-state index contributed by atoms with van der Waals surface area (Å²) in [6.07, 6.45) is 2.04. The molecular weight excluding hydrogens is 308 g/mol. The first-order valence-corrected chi connectivity index (χ1v) is 8.86. The molecule has 1 aliphatic heterocycles.